The Hall–Kier alpha value is -4.13. The third-order valence-corrected chi connectivity index (χ3v) is 7.17. The highest BCUT2D eigenvalue weighted by atomic mass is 16.5. The van der Waals surface area contributed by atoms with Gasteiger partial charge >= 0.3 is 0 Å². The Kier molecular flexibility index (Phi) is 7.68. The Bertz CT molecular complexity index is 1530. The molecular formula is C32H35N3O4. The molecule has 202 valence electrons. The molecule has 1 aliphatic rings. The van der Waals surface area contributed by atoms with E-state index in [1.165, 1.54) is 0 Å². The van der Waals surface area contributed by atoms with Crippen molar-refractivity contribution in [1.82, 2.24) is 14.5 Å². The monoisotopic (exact) mass is 525 g/mol. The van der Waals surface area contributed by atoms with E-state index in [1.807, 2.05) is 80.3 Å². The van der Waals surface area contributed by atoms with Crippen LogP contribution in [0, 0.1) is 12.8 Å². The van der Waals surface area contributed by atoms with Crippen molar-refractivity contribution < 1.29 is 14.3 Å². The lowest BCUT2D eigenvalue weighted by Crippen LogP contribution is -2.41. The molecule has 1 amide bonds. The van der Waals surface area contributed by atoms with Crippen LogP contribution in [0.15, 0.2) is 65.6 Å². The van der Waals surface area contributed by atoms with Crippen molar-refractivity contribution in [2.75, 3.05) is 19.8 Å². The molecular weight excluding hydrogens is 490 g/mol. The van der Waals surface area contributed by atoms with Crippen molar-refractivity contribution in [1.29, 1.82) is 0 Å². The molecule has 2 aromatic heterocycles. The van der Waals surface area contributed by atoms with Gasteiger partial charge in [0.15, 0.2) is 0 Å². The van der Waals surface area contributed by atoms with E-state index in [9.17, 15) is 9.59 Å². The second-order valence-corrected chi connectivity index (χ2v) is 10.2. The van der Waals surface area contributed by atoms with Gasteiger partial charge in [-0.05, 0) is 62.4 Å². The number of pyridine rings is 2. The number of carbonyl (C=O) groups is 1. The maximum atomic E-state index is 14.5. The van der Waals surface area contributed by atoms with Gasteiger partial charge in [-0.1, -0.05) is 42.8 Å². The maximum Gasteiger partial charge on any atom is 0.277 e. The number of aromatic nitrogens is 2. The van der Waals surface area contributed by atoms with Crippen LogP contribution in [0.4, 0.5) is 0 Å². The highest BCUT2D eigenvalue weighted by molar-refractivity contribution is 6.07. The van der Waals surface area contributed by atoms with Gasteiger partial charge in [-0.3, -0.25) is 14.6 Å². The van der Waals surface area contributed by atoms with Crippen molar-refractivity contribution in [3.63, 3.8) is 0 Å². The Balaban J connectivity index is 1.69. The zero-order valence-corrected chi connectivity index (χ0v) is 23.1. The first-order chi connectivity index (χ1) is 18.9. The zero-order chi connectivity index (χ0) is 27.5. The smallest absolute Gasteiger partial charge is 0.277 e. The van der Waals surface area contributed by atoms with Crippen LogP contribution in [-0.2, 0) is 13.1 Å². The molecule has 39 heavy (non-hydrogen) atoms. The van der Waals surface area contributed by atoms with Crippen LogP contribution in [0.1, 0.15) is 48.8 Å². The fourth-order valence-corrected chi connectivity index (χ4v) is 5.35. The summed E-state index contributed by atoms with van der Waals surface area (Å²) in [6, 6.07) is 17.6. The van der Waals surface area contributed by atoms with Crippen molar-refractivity contribution in [3.05, 3.63) is 88.0 Å². The topological polar surface area (TPSA) is 73.7 Å². The Labute approximate surface area is 229 Å². The third-order valence-electron chi connectivity index (χ3n) is 7.17. The average Bonchev–Trinajstić information content (AvgIpc) is 2.92. The molecule has 5 rings (SSSR count). The zero-order valence-electron chi connectivity index (χ0n) is 23.1. The van der Waals surface area contributed by atoms with Gasteiger partial charge in [-0.2, -0.15) is 0 Å². The molecule has 0 radical (unpaired) electrons. The molecule has 0 saturated heterocycles. The van der Waals surface area contributed by atoms with Crippen LogP contribution in [0.25, 0.3) is 22.0 Å². The molecule has 0 N–H and O–H groups in total. The van der Waals surface area contributed by atoms with Crippen molar-refractivity contribution in [3.8, 4) is 22.6 Å². The number of hydrogen-bond donors (Lipinski definition) is 0. The lowest BCUT2D eigenvalue weighted by Gasteiger charge is -2.32. The average molecular weight is 526 g/mol. The van der Waals surface area contributed by atoms with Gasteiger partial charge in [0.2, 0.25) is 0 Å². The summed E-state index contributed by atoms with van der Waals surface area (Å²) < 4.78 is 13.2. The first kappa shape index (κ1) is 26.5. The SMILES string of the molecule is CCOc1cc(CN2C[C@H](C)CCn3c(c(-c4ccc(C)cc4)c4cccnc4c3=O)C2=O)cc(OCC)c1. The van der Waals surface area contributed by atoms with E-state index in [-0.39, 0.29) is 17.4 Å². The molecule has 0 spiro atoms. The molecule has 3 heterocycles. The minimum Gasteiger partial charge on any atom is -0.494 e. The second-order valence-electron chi connectivity index (χ2n) is 10.2. The van der Waals surface area contributed by atoms with Crippen LogP contribution in [0.5, 0.6) is 11.5 Å². The van der Waals surface area contributed by atoms with E-state index in [1.54, 1.807) is 10.8 Å². The lowest BCUT2D eigenvalue weighted by molar-refractivity contribution is 0.0686. The predicted octanol–water partition coefficient (Wildman–Crippen LogP) is 5.85. The Morgan fingerprint density at radius 1 is 0.974 bits per heavy atom. The highest BCUT2D eigenvalue weighted by Gasteiger charge is 2.30. The second kappa shape index (κ2) is 11.3. The number of hydrogen-bond acceptors (Lipinski definition) is 5. The normalized spacial score (nSPS) is 15.5. The van der Waals surface area contributed by atoms with E-state index < -0.39 is 0 Å². The van der Waals surface area contributed by atoms with Gasteiger partial charge in [-0.15, -0.1) is 0 Å². The lowest BCUT2D eigenvalue weighted by atomic mass is 9.95. The quantitative estimate of drug-likeness (QED) is 0.303. The molecule has 0 aliphatic carbocycles. The first-order valence-electron chi connectivity index (χ1n) is 13.7. The number of amides is 1. The summed E-state index contributed by atoms with van der Waals surface area (Å²) in [4.78, 5) is 34.5. The number of carbonyl (C=O) groups excluding carboxylic acids is 1. The summed E-state index contributed by atoms with van der Waals surface area (Å²) in [7, 11) is 0. The van der Waals surface area contributed by atoms with Gasteiger partial charge in [-0.25, -0.2) is 0 Å². The molecule has 1 atom stereocenters. The minimum absolute atomic E-state index is 0.167. The predicted molar refractivity (Wildman–Crippen MR) is 153 cm³/mol. The summed E-state index contributed by atoms with van der Waals surface area (Å²) in [5.74, 6) is 1.46. The number of benzene rings is 2. The first-order valence-corrected chi connectivity index (χ1v) is 13.7. The number of ether oxygens (including phenoxy) is 2. The molecule has 0 fully saturated rings. The number of fused-ring (bicyclic) bond motifs is 2. The Morgan fingerprint density at radius 3 is 2.33 bits per heavy atom. The van der Waals surface area contributed by atoms with E-state index in [0.717, 1.165) is 28.7 Å². The van der Waals surface area contributed by atoms with Gasteiger partial charge < -0.3 is 18.9 Å². The molecule has 2 aromatic carbocycles. The van der Waals surface area contributed by atoms with Crippen molar-refractivity contribution in [2.45, 2.75) is 47.2 Å². The molecule has 7 heteroatoms. The van der Waals surface area contributed by atoms with Gasteiger partial charge in [0, 0.05) is 42.8 Å². The fourth-order valence-electron chi connectivity index (χ4n) is 5.35. The van der Waals surface area contributed by atoms with E-state index in [4.69, 9.17) is 9.47 Å². The van der Waals surface area contributed by atoms with E-state index in [2.05, 4.69) is 11.9 Å². The number of aryl methyl sites for hydroxylation is 1. The summed E-state index contributed by atoms with van der Waals surface area (Å²) in [5, 5.41) is 0.691. The standard InChI is InChI=1S/C32H35N3O4/c1-5-38-25-16-23(17-26(18-25)39-6-2)20-34-19-22(4)13-15-35-30(32(34)37)28(24-11-9-21(3)10-12-24)27-8-7-14-33-29(27)31(35)36/h7-12,14,16-18,22H,5-6,13,15,19-20H2,1-4H3/t22-/m1/s1. The molecule has 0 unspecified atom stereocenters. The van der Waals surface area contributed by atoms with Gasteiger partial charge in [0.05, 0.1) is 13.2 Å². The largest absolute Gasteiger partial charge is 0.494 e. The van der Waals surface area contributed by atoms with Crippen LogP contribution in [-0.4, -0.2) is 40.1 Å². The van der Waals surface area contributed by atoms with Crippen LogP contribution in [0.2, 0.25) is 0 Å². The fraction of sp³-hybridized carbons (Fsp3) is 0.344. The summed E-state index contributed by atoms with van der Waals surface area (Å²) >= 11 is 0. The van der Waals surface area contributed by atoms with Crippen molar-refractivity contribution in [2.24, 2.45) is 5.92 Å². The maximum absolute atomic E-state index is 14.5. The summed E-state index contributed by atoms with van der Waals surface area (Å²) in [5.41, 5.74) is 4.26. The Morgan fingerprint density at radius 2 is 1.67 bits per heavy atom. The van der Waals surface area contributed by atoms with Gasteiger partial charge in [0.25, 0.3) is 11.5 Å². The third kappa shape index (κ3) is 5.39. The molecule has 4 aromatic rings. The molecule has 7 nitrogen and oxygen atoms in total. The van der Waals surface area contributed by atoms with E-state index >= 15 is 0 Å². The molecule has 1 aliphatic heterocycles. The minimum atomic E-state index is -0.226. The number of rotatable bonds is 7. The summed E-state index contributed by atoms with van der Waals surface area (Å²) in [6.07, 6.45) is 2.40. The van der Waals surface area contributed by atoms with Crippen LogP contribution in [0.3, 0.4) is 0 Å². The summed E-state index contributed by atoms with van der Waals surface area (Å²) in [6.45, 7) is 10.5. The highest BCUT2D eigenvalue weighted by Crippen LogP contribution is 2.33. The molecule has 0 bridgehead atoms. The van der Waals surface area contributed by atoms with Crippen LogP contribution >= 0.6 is 0 Å². The van der Waals surface area contributed by atoms with Crippen LogP contribution < -0.4 is 15.0 Å². The number of nitrogens with zero attached hydrogens (tertiary/aromatic N) is 3. The van der Waals surface area contributed by atoms with E-state index in [0.29, 0.717) is 60.9 Å². The molecule has 0 saturated carbocycles. The van der Waals surface area contributed by atoms with Crippen molar-refractivity contribution >= 4 is 16.8 Å². The van der Waals surface area contributed by atoms with Gasteiger partial charge in [0.1, 0.15) is 22.7 Å².